The first kappa shape index (κ1) is 12.4. The van der Waals surface area contributed by atoms with Crippen LogP contribution in [0.1, 0.15) is 0 Å². The number of alkyl halides is 2. The zero-order chi connectivity index (χ0) is 7.65. The molecule has 0 heterocycles. The molecule has 0 radical (unpaired) electrons. The van der Waals surface area contributed by atoms with Crippen LogP contribution in [0.25, 0.3) is 0 Å². The SMILES string of the molecule is O=C([O-])C(F)(F)[N+](=O)[O-].[Na+]. The molecule has 0 fully saturated rings. The van der Waals surface area contributed by atoms with E-state index in [-0.39, 0.29) is 29.6 Å². The molecule has 0 aromatic carbocycles. The Labute approximate surface area is 75.5 Å². The van der Waals surface area contributed by atoms with Crippen LogP contribution in [0.2, 0.25) is 0 Å². The van der Waals surface area contributed by atoms with Gasteiger partial charge in [0.2, 0.25) is 0 Å². The Morgan fingerprint density at radius 2 is 1.80 bits per heavy atom. The van der Waals surface area contributed by atoms with Crippen molar-refractivity contribution in [2.75, 3.05) is 0 Å². The fourth-order valence-corrected chi connectivity index (χ4v) is 0.0745. The summed E-state index contributed by atoms with van der Waals surface area (Å²) in [5, 5.41) is 18.3. The van der Waals surface area contributed by atoms with E-state index in [1.165, 1.54) is 0 Å². The molecule has 0 bridgehead atoms. The number of aliphatic carboxylic acids is 1. The van der Waals surface area contributed by atoms with Gasteiger partial charge in [-0.15, -0.1) is 8.78 Å². The molecule has 52 valence electrons. The number of hydrogen-bond acceptors (Lipinski definition) is 4. The quantitative estimate of drug-likeness (QED) is 0.178. The predicted molar refractivity (Wildman–Crippen MR) is 16.9 cm³/mol. The molecule has 0 aliphatic carbocycles. The number of nitrogens with zero attached hydrogens (tertiary/aromatic N) is 1. The van der Waals surface area contributed by atoms with Gasteiger partial charge in [0.1, 0.15) is 4.92 Å². The molecular formula is C2F2NNaO4. The zero-order valence-electron chi connectivity index (χ0n) is 4.84. The number of carboxylic acids is 1. The number of hydrogen-bond donors (Lipinski definition) is 0. The standard InChI is InChI=1S/C2HF2NO4.Na/c3-2(4,1(6)7)5(8)9;/h(H,6,7);/q;+1/p-1. The molecule has 0 rings (SSSR count). The van der Waals surface area contributed by atoms with Gasteiger partial charge < -0.3 is 9.90 Å². The first-order chi connectivity index (χ1) is 3.89. The van der Waals surface area contributed by atoms with Gasteiger partial charge in [-0.05, 0) is 0 Å². The molecule has 0 aromatic heterocycles. The van der Waals surface area contributed by atoms with Gasteiger partial charge in [-0.3, -0.25) is 10.1 Å². The molecule has 10 heavy (non-hydrogen) atoms. The summed E-state index contributed by atoms with van der Waals surface area (Å²) in [6.45, 7) is 0. The zero-order valence-corrected chi connectivity index (χ0v) is 6.84. The van der Waals surface area contributed by atoms with Crippen molar-refractivity contribution in [3.63, 3.8) is 0 Å². The van der Waals surface area contributed by atoms with Crippen molar-refractivity contribution >= 4 is 5.97 Å². The number of carboxylic acid groups (broad SMARTS) is 1. The van der Waals surface area contributed by atoms with Crippen molar-refractivity contribution in [3.05, 3.63) is 10.1 Å². The molecule has 0 atom stereocenters. The Balaban J connectivity index is 0. The fraction of sp³-hybridized carbons (Fsp3) is 0.500. The van der Waals surface area contributed by atoms with Gasteiger partial charge in [0, 0.05) is 0 Å². The van der Waals surface area contributed by atoms with E-state index < -0.39 is 16.9 Å². The fourth-order valence-electron chi connectivity index (χ4n) is 0.0745. The van der Waals surface area contributed by atoms with Gasteiger partial charge in [-0.2, -0.15) is 0 Å². The van der Waals surface area contributed by atoms with Gasteiger partial charge in [-0.25, -0.2) is 0 Å². The second kappa shape index (κ2) is 3.79. The number of halogens is 2. The van der Waals surface area contributed by atoms with E-state index in [2.05, 4.69) is 0 Å². The van der Waals surface area contributed by atoms with Gasteiger partial charge in [0.15, 0.2) is 5.97 Å². The van der Waals surface area contributed by atoms with E-state index in [1.54, 1.807) is 0 Å². The van der Waals surface area contributed by atoms with Crippen LogP contribution in [0.15, 0.2) is 0 Å². The third-order valence-electron chi connectivity index (χ3n) is 0.475. The maximum absolute atomic E-state index is 11.3. The van der Waals surface area contributed by atoms with Gasteiger partial charge in [0.05, 0.1) is 0 Å². The molecule has 0 aliphatic heterocycles. The number of nitro groups is 1. The van der Waals surface area contributed by atoms with Crippen LogP contribution in [-0.2, 0) is 4.79 Å². The van der Waals surface area contributed by atoms with E-state index in [1.807, 2.05) is 0 Å². The minimum Gasteiger partial charge on any atom is -0.538 e. The van der Waals surface area contributed by atoms with Gasteiger partial charge >= 0.3 is 35.6 Å². The first-order valence-electron chi connectivity index (χ1n) is 1.62. The summed E-state index contributed by atoms with van der Waals surface area (Å²) in [5.74, 6) is -3.01. The average Bonchev–Trinajstić information content (AvgIpc) is 1.65. The molecular weight excluding hydrogens is 163 g/mol. The first-order valence-corrected chi connectivity index (χ1v) is 1.62. The van der Waals surface area contributed by atoms with Crippen LogP contribution in [0.5, 0.6) is 0 Å². The second-order valence-electron chi connectivity index (χ2n) is 1.09. The summed E-state index contributed by atoms with van der Waals surface area (Å²) in [6, 6.07) is -4.97. The van der Waals surface area contributed by atoms with Crippen molar-refractivity contribution in [2.45, 2.75) is 6.05 Å². The minimum atomic E-state index is -4.97. The van der Waals surface area contributed by atoms with Crippen LogP contribution in [0, 0.1) is 10.1 Å². The Morgan fingerprint density at radius 1 is 1.50 bits per heavy atom. The number of carbonyl (C=O) groups excluding carboxylic acids is 1. The maximum Gasteiger partial charge on any atom is 1.00 e. The molecule has 0 saturated carbocycles. The normalized spacial score (nSPS) is 9.80. The van der Waals surface area contributed by atoms with Crippen LogP contribution in [-0.4, -0.2) is 16.9 Å². The van der Waals surface area contributed by atoms with Crippen LogP contribution in [0.4, 0.5) is 8.78 Å². The van der Waals surface area contributed by atoms with Gasteiger partial charge in [0.25, 0.3) is 0 Å². The molecule has 8 heteroatoms. The molecule has 0 spiro atoms. The summed E-state index contributed by atoms with van der Waals surface area (Å²) in [5.41, 5.74) is 0. The van der Waals surface area contributed by atoms with Crippen LogP contribution in [0.3, 0.4) is 0 Å². The predicted octanol–water partition coefficient (Wildman–Crippen LogP) is -4.39. The molecule has 0 saturated heterocycles. The van der Waals surface area contributed by atoms with E-state index in [4.69, 9.17) is 20.0 Å². The maximum atomic E-state index is 11.3. The summed E-state index contributed by atoms with van der Waals surface area (Å²) in [6.07, 6.45) is 0. The molecule has 0 unspecified atom stereocenters. The summed E-state index contributed by atoms with van der Waals surface area (Å²) in [7, 11) is 0. The van der Waals surface area contributed by atoms with Crippen molar-refractivity contribution < 1.29 is 53.2 Å². The molecule has 0 aliphatic rings. The molecule has 0 aromatic rings. The Bertz CT molecular complexity index is 143. The van der Waals surface area contributed by atoms with Crippen molar-refractivity contribution in [2.24, 2.45) is 0 Å². The number of carbonyl (C=O) groups is 1. The van der Waals surface area contributed by atoms with E-state index in [9.17, 15) is 8.78 Å². The van der Waals surface area contributed by atoms with E-state index >= 15 is 0 Å². The van der Waals surface area contributed by atoms with E-state index in [0.717, 1.165) is 0 Å². The summed E-state index contributed by atoms with van der Waals surface area (Å²) in [4.78, 5) is 16.0. The Morgan fingerprint density at radius 3 is 1.80 bits per heavy atom. The number of rotatable bonds is 2. The Hall–Kier alpha value is -0.270. The van der Waals surface area contributed by atoms with Crippen LogP contribution >= 0.6 is 0 Å². The van der Waals surface area contributed by atoms with Gasteiger partial charge in [-0.1, -0.05) is 0 Å². The average molecular weight is 163 g/mol. The Kier molecular flexibility index (Phi) is 4.70. The van der Waals surface area contributed by atoms with Crippen molar-refractivity contribution in [1.29, 1.82) is 0 Å². The largest absolute Gasteiger partial charge is 1.00 e. The summed E-state index contributed by atoms with van der Waals surface area (Å²) < 4.78 is 22.6. The minimum absolute atomic E-state index is 0. The smallest absolute Gasteiger partial charge is 0.538 e. The molecule has 0 amide bonds. The second-order valence-corrected chi connectivity index (χ2v) is 1.09. The third-order valence-corrected chi connectivity index (χ3v) is 0.475. The molecule has 5 nitrogen and oxygen atoms in total. The van der Waals surface area contributed by atoms with E-state index in [0.29, 0.717) is 0 Å². The van der Waals surface area contributed by atoms with Crippen molar-refractivity contribution in [1.82, 2.24) is 0 Å². The monoisotopic (exact) mass is 163 g/mol. The van der Waals surface area contributed by atoms with Crippen LogP contribution < -0.4 is 34.7 Å². The van der Waals surface area contributed by atoms with Crippen molar-refractivity contribution in [3.8, 4) is 0 Å². The third kappa shape index (κ3) is 2.54. The molecule has 0 N–H and O–H groups in total. The summed E-state index contributed by atoms with van der Waals surface area (Å²) >= 11 is 0. The topological polar surface area (TPSA) is 83.3 Å².